The van der Waals surface area contributed by atoms with E-state index in [0.717, 1.165) is 10.9 Å². The van der Waals surface area contributed by atoms with Crippen molar-refractivity contribution in [3.8, 4) is 5.75 Å². The van der Waals surface area contributed by atoms with E-state index < -0.39 is 0 Å². The van der Waals surface area contributed by atoms with Crippen molar-refractivity contribution in [1.82, 2.24) is 4.98 Å². The first-order valence-corrected chi connectivity index (χ1v) is 7.08. The number of amides is 1. The Bertz CT molecular complexity index is 878. The number of benzene rings is 2. The predicted molar refractivity (Wildman–Crippen MR) is 87.6 cm³/mol. The van der Waals surface area contributed by atoms with Gasteiger partial charge in [-0.3, -0.25) is 9.78 Å². The van der Waals surface area contributed by atoms with E-state index in [9.17, 15) is 9.90 Å². The van der Waals surface area contributed by atoms with Crippen LogP contribution in [0.2, 0.25) is 5.02 Å². The average Bonchev–Trinajstić information content (AvgIpc) is 2.49. The van der Waals surface area contributed by atoms with Crippen molar-refractivity contribution in [3.63, 3.8) is 0 Å². The molecule has 0 atom stereocenters. The number of rotatable bonds is 2. The Balaban J connectivity index is 2.00. The lowest BCUT2D eigenvalue weighted by Gasteiger charge is -2.10. The van der Waals surface area contributed by atoms with Crippen LogP contribution in [0.5, 0.6) is 5.75 Å². The second kappa shape index (κ2) is 5.66. The van der Waals surface area contributed by atoms with Crippen LogP contribution < -0.4 is 5.32 Å². The molecule has 0 radical (unpaired) electrons. The highest BCUT2D eigenvalue weighted by Gasteiger charge is 2.13. The molecular weight excluding hydrogens is 300 g/mol. The van der Waals surface area contributed by atoms with E-state index in [1.807, 2.05) is 6.07 Å². The second-order valence-corrected chi connectivity index (χ2v) is 5.37. The third-order valence-electron chi connectivity index (χ3n) is 3.36. The second-order valence-electron chi connectivity index (χ2n) is 4.93. The van der Waals surface area contributed by atoms with Crippen LogP contribution >= 0.6 is 11.6 Å². The summed E-state index contributed by atoms with van der Waals surface area (Å²) in [7, 11) is 0. The Hall–Kier alpha value is -2.59. The molecular formula is C17H13ClN2O2. The maximum atomic E-state index is 12.4. The minimum atomic E-state index is -0.326. The molecule has 2 aromatic carbocycles. The first kappa shape index (κ1) is 14.4. The summed E-state index contributed by atoms with van der Waals surface area (Å²) in [6, 6.07) is 13.7. The summed E-state index contributed by atoms with van der Waals surface area (Å²) in [6.07, 6.45) is 0. The highest BCUT2D eigenvalue weighted by molar-refractivity contribution is 6.31. The van der Waals surface area contributed by atoms with Gasteiger partial charge in [0.25, 0.3) is 5.91 Å². The molecule has 0 unspecified atom stereocenters. The number of phenolic OH excluding ortho intramolecular Hbond substituents is 1. The molecule has 3 aromatic rings. The summed E-state index contributed by atoms with van der Waals surface area (Å²) in [4.78, 5) is 16.8. The fourth-order valence-electron chi connectivity index (χ4n) is 2.24. The molecule has 110 valence electrons. The number of aromatic nitrogens is 1. The van der Waals surface area contributed by atoms with Gasteiger partial charge >= 0.3 is 0 Å². The Labute approximate surface area is 132 Å². The van der Waals surface area contributed by atoms with Gasteiger partial charge in [0.15, 0.2) is 0 Å². The zero-order chi connectivity index (χ0) is 15.7. The number of carbonyl (C=O) groups is 1. The Kier molecular flexibility index (Phi) is 3.69. The third kappa shape index (κ3) is 2.73. The fourth-order valence-corrected chi connectivity index (χ4v) is 2.42. The van der Waals surface area contributed by atoms with Crippen molar-refractivity contribution in [1.29, 1.82) is 0 Å². The van der Waals surface area contributed by atoms with Gasteiger partial charge in [0.2, 0.25) is 0 Å². The molecule has 5 heteroatoms. The normalized spacial score (nSPS) is 10.6. The maximum absolute atomic E-state index is 12.4. The molecule has 0 aliphatic rings. The molecule has 0 aliphatic carbocycles. The lowest BCUT2D eigenvalue weighted by atomic mass is 10.1. The van der Waals surface area contributed by atoms with Gasteiger partial charge in [0, 0.05) is 10.4 Å². The number of aromatic hydroxyl groups is 1. The van der Waals surface area contributed by atoms with Crippen LogP contribution in [-0.4, -0.2) is 16.0 Å². The molecule has 0 aliphatic heterocycles. The molecule has 0 bridgehead atoms. The lowest BCUT2D eigenvalue weighted by molar-refractivity contribution is 0.102. The van der Waals surface area contributed by atoms with Crippen LogP contribution in [0, 0.1) is 6.92 Å². The Morgan fingerprint density at radius 2 is 1.95 bits per heavy atom. The van der Waals surface area contributed by atoms with Crippen molar-refractivity contribution in [2.24, 2.45) is 0 Å². The van der Waals surface area contributed by atoms with Crippen LogP contribution in [-0.2, 0) is 0 Å². The highest BCUT2D eigenvalue weighted by Crippen LogP contribution is 2.24. The van der Waals surface area contributed by atoms with E-state index in [-0.39, 0.29) is 11.7 Å². The molecule has 0 fully saturated rings. The quantitative estimate of drug-likeness (QED) is 0.699. The molecule has 3 rings (SSSR count). The minimum Gasteiger partial charge on any atom is -0.506 e. The summed E-state index contributed by atoms with van der Waals surface area (Å²) in [6.45, 7) is 1.77. The van der Waals surface area contributed by atoms with Crippen molar-refractivity contribution in [2.45, 2.75) is 6.92 Å². The van der Waals surface area contributed by atoms with Crippen molar-refractivity contribution < 1.29 is 9.90 Å². The van der Waals surface area contributed by atoms with Gasteiger partial charge in [-0.1, -0.05) is 23.7 Å². The SMILES string of the molecule is Cc1nc2ccc(Cl)cc2cc1C(=O)Nc1ccccc1O. The molecule has 2 N–H and O–H groups in total. The number of nitrogens with one attached hydrogen (secondary N) is 1. The number of hydrogen-bond donors (Lipinski definition) is 2. The molecule has 1 aromatic heterocycles. The number of nitrogens with zero attached hydrogens (tertiary/aromatic N) is 1. The van der Waals surface area contributed by atoms with Crippen LogP contribution in [0.1, 0.15) is 16.1 Å². The summed E-state index contributed by atoms with van der Waals surface area (Å²) in [5.74, 6) is -0.307. The Morgan fingerprint density at radius 1 is 1.18 bits per heavy atom. The molecule has 1 amide bonds. The number of anilines is 1. The number of carbonyl (C=O) groups excluding carboxylic acids is 1. The molecule has 0 spiro atoms. The Morgan fingerprint density at radius 3 is 2.73 bits per heavy atom. The van der Waals surface area contributed by atoms with Gasteiger partial charge in [-0.05, 0) is 43.3 Å². The van der Waals surface area contributed by atoms with Gasteiger partial charge in [0.1, 0.15) is 5.75 Å². The standard InChI is InChI=1S/C17H13ClN2O2/c1-10-13(9-11-8-12(18)6-7-14(11)19-10)17(22)20-15-4-2-3-5-16(15)21/h2-9,21H,1H3,(H,20,22). The van der Waals surface area contributed by atoms with E-state index in [4.69, 9.17) is 11.6 Å². The molecule has 4 nitrogen and oxygen atoms in total. The highest BCUT2D eigenvalue weighted by atomic mass is 35.5. The molecule has 1 heterocycles. The molecule has 22 heavy (non-hydrogen) atoms. The minimum absolute atomic E-state index is 0.0188. The first-order valence-electron chi connectivity index (χ1n) is 6.71. The van der Waals surface area contributed by atoms with Crippen molar-refractivity contribution in [3.05, 3.63) is 64.8 Å². The number of aryl methyl sites for hydroxylation is 1. The van der Waals surface area contributed by atoms with Gasteiger partial charge in [-0.25, -0.2) is 0 Å². The summed E-state index contributed by atoms with van der Waals surface area (Å²) >= 11 is 5.98. The summed E-state index contributed by atoms with van der Waals surface area (Å²) in [5.41, 5.74) is 2.19. The fraction of sp³-hybridized carbons (Fsp3) is 0.0588. The number of pyridine rings is 1. The number of hydrogen-bond acceptors (Lipinski definition) is 3. The smallest absolute Gasteiger partial charge is 0.257 e. The monoisotopic (exact) mass is 312 g/mol. The number of para-hydroxylation sites is 2. The van der Waals surface area contributed by atoms with Gasteiger partial charge < -0.3 is 10.4 Å². The first-order chi connectivity index (χ1) is 10.5. The number of phenols is 1. The van der Waals surface area contributed by atoms with E-state index in [1.54, 1.807) is 43.3 Å². The number of halogens is 1. The largest absolute Gasteiger partial charge is 0.506 e. The van der Waals surface area contributed by atoms with Gasteiger partial charge in [-0.2, -0.15) is 0 Å². The summed E-state index contributed by atoms with van der Waals surface area (Å²) < 4.78 is 0. The van der Waals surface area contributed by atoms with Gasteiger partial charge in [-0.15, -0.1) is 0 Å². The third-order valence-corrected chi connectivity index (χ3v) is 3.60. The topological polar surface area (TPSA) is 62.2 Å². The number of fused-ring (bicyclic) bond motifs is 1. The van der Waals surface area contributed by atoms with E-state index in [1.165, 1.54) is 6.07 Å². The van der Waals surface area contributed by atoms with E-state index in [0.29, 0.717) is 22.0 Å². The van der Waals surface area contributed by atoms with Crippen LogP contribution in [0.25, 0.3) is 10.9 Å². The van der Waals surface area contributed by atoms with Crippen molar-refractivity contribution >= 4 is 34.1 Å². The van der Waals surface area contributed by atoms with Gasteiger partial charge in [0.05, 0.1) is 22.5 Å². The zero-order valence-corrected chi connectivity index (χ0v) is 12.6. The van der Waals surface area contributed by atoms with Crippen LogP contribution in [0.15, 0.2) is 48.5 Å². The molecule has 0 saturated carbocycles. The maximum Gasteiger partial charge on any atom is 0.257 e. The lowest BCUT2D eigenvalue weighted by Crippen LogP contribution is -2.14. The average molecular weight is 313 g/mol. The summed E-state index contributed by atoms with van der Waals surface area (Å²) in [5, 5.41) is 13.8. The van der Waals surface area contributed by atoms with E-state index in [2.05, 4.69) is 10.3 Å². The molecule has 0 saturated heterocycles. The van der Waals surface area contributed by atoms with Crippen LogP contribution in [0.3, 0.4) is 0 Å². The predicted octanol–water partition coefficient (Wildman–Crippen LogP) is 4.15. The van der Waals surface area contributed by atoms with Crippen molar-refractivity contribution in [2.75, 3.05) is 5.32 Å². The van der Waals surface area contributed by atoms with Crippen LogP contribution in [0.4, 0.5) is 5.69 Å². The zero-order valence-electron chi connectivity index (χ0n) is 11.8. The van der Waals surface area contributed by atoms with E-state index >= 15 is 0 Å².